The molecule has 0 aromatic rings. The van der Waals surface area contributed by atoms with Crippen LogP contribution in [0.3, 0.4) is 0 Å². The van der Waals surface area contributed by atoms with E-state index in [9.17, 15) is 9.59 Å². The molecule has 0 amide bonds. The maximum absolute atomic E-state index is 11.3. The Labute approximate surface area is 80.1 Å². The second-order valence-electron chi connectivity index (χ2n) is 2.88. The Morgan fingerprint density at radius 3 is 2.21 bits per heavy atom. The van der Waals surface area contributed by atoms with Gasteiger partial charge in [0.15, 0.2) is 0 Å². The largest absolute Gasteiger partial charge is 0.475 e. The zero-order valence-electron chi connectivity index (χ0n) is 7.72. The van der Waals surface area contributed by atoms with E-state index in [2.05, 4.69) is 14.2 Å². The molecule has 6 heteroatoms. The van der Waals surface area contributed by atoms with Crippen LogP contribution in [0.1, 0.15) is 13.8 Å². The Kier molecular flexibility index (Phi) is 2.64. The molecule has 1 aliphatic rings. The molecule has 0 aromatic carbocycles. The minimum Gasteiger partial charge on any atom is -0.475 e. The third-order valence-electron chi connectivity index (χ3n) is 1.42. The quantitative estimate of drug-likeness (QED) is 0.521. The molecule has 6 nitrogen and oxygen atoms in total. The molecular weight excluding hydrogens is 192 g/mol. The van der Waals surface area contributed by atoms with Gasteiger partial charge < -0.3 is 19.3 Å². The SMILES string of the molecule is CC(C)OC(=O)C1(C(=O)O)OC=CO1. The molecule has 1 rings (SSSR count). The van der Waals surface area contributed by atoms with Crippen molar-refractivity contribution in [3.8, 4) is 0 Å². The van der Waals surface area contributed by atoms with E-state index in [0.29, 0.717) is 0 Å². The Morgan fingerprint density at radius 2 is 1.86 bits per heavy atom. The van der Waals surface area contributed by atoms with E-state index in [4.69, 9.17) is 5.11 Å². The first kappa shape index (κ1) is 10.4. The second-order valence-corrected chi connectivity index (χ2v) is 2.88. The van der Waals surface area contributed by atoms with Gasteiger partial charge in [0.2, 0.25) is 0 Å². The fourth-order valence-corrected chi connectivity index (χ4v) is 0.851. The first-order valence-corrected chi connectivity index (χ1v) is 3.94. The molecule has 0 fully saturated rings. The molecule has 0 bridgehead atoms. The van der Waals surface area contributed by atoms with Crippen LogP contribution in [0.5, 0.6) is 0 Å². The van der Waals surface area contributed by atoms with Crippen molar-refractivity contribution in [2.75, 3.05) is 0 Å². The first-order chi connectivity index (χ1) is 6.49. The van der Waals surface area contributed by atoms with Gasteiger partial charge in [-0.05, 0) is 13.8 Å². The first-order valence-electron chi connectivity index (χ1n) is 3.94. The molecule has 0 unspecified atom stereocenters. The van der Waals surface area contributed by atoms with Gasteiger partial charge in [-0.15, -0.1) is 0 Å². The number of aliphatic carboxylic acids is 1. The smallest absolute Gasteiger partial charge is 0.452 e. The highest BCUT2D eigenvalue weighted by Crippen LogP contribution is 2.23. The highest BCUT2D eigenvalue weighted by atomic mass is 16.8. The third kappa shape index (κ3) is 1.63. The predicted octanol–water partition coefficient (Wildman–Crippen LogP) is 0.237. The van der Waals surface area contributed by atoms with Gasteiger partial charge in [-0.1, -0.05) is 0 Å². The minimum atomic E-state index is -2.37. The molecule has 78 valence electrons. The summed E-state index contributed by atoms with van der Waals surface area (Å²) in [6.45, 7) is 3.19. The van der Waals surface area contributed by atoms with Crippen LogP contribution >= 0.6 is 0 Å². The van der Waals surface area contributed by atoms with Gasteiger partial charge in [0, 0.05) is 0 Å². The molecule has 0 aromatic heterocycles. The summed E-state index contributed by atoms with van der Waals surface area (Å²) in [6, 6.07) is 0. The lowest BCUT2D eigenvalue weighted by molar-refractivity contribution is -0.215. The van der Waals surface area contributed by atoms with Crippen molar-refractivity contribution in [2.45, 2.75) is 25.7 Å². The van der Waals surface area contributed by atoms with E-state index in [0.717, 1.165) is 12.5 Å². The van der Waals surface area contributed by atoms with E-state index >= 15 is 0 Å². The number of esters is 1. The average molecular weight is 202 g/mol. The molecule has 0 radical (unpaired) electrons. The Hall–Kier alpha value is -1.72. The lowest BCUT2D eigenvalue weighted by Crippen LogP contribution is -2.49. The lowest BCUT2D eigenvalue weighted by atomic mass is 10.3. The molecule has 0 aliphatic carbocycles. The van der Waals surface area contributed by atoms with Crippen LogP contribution in [0.2, 0.25) is 0 Å². The molecule has 1 heterocycles. The maximum atomic E-state index is 11.3. The van der Waals surface area contributed by atoms with Crippen molar-refractivity contribution < 1.29 is 28.9 Å². The summed E-state index contributed by atoms with van der Waals surface area (Å²) in [7, 11) is 0. The van der Waals surface area contributed by atoms with E-state index in [1.165, 1.54) is 0 Å². The molecule has 0 spiro atoms. The Morgan fingerprint density at radius 1 is 1.36 bits per heavy atom. The monoisotopic (exact) mass is 202 g/mol. The van der Waals surface area contributed by atoms with E-state index < -0.39 is 23.8 Å². The summed E-state index contributed by atoms with van der Waals surface area (Å²) in [4.78, 5) is 22.1. The van der Waals surface area contributed by atoms with Crippen LogP contribution < -0.4 is 0 Å². The zero-order valence-corrected chi connectivity index (χ0v) is 7.72. The summed E-state index contributed by atoms with van der Waals surface area (Å²) < 4.78 is 13.9. The van der Waals surface area contributed by atoms with Crippen LogP contribution in [0, 0.1) is 0 Å². The molecular formula is C8H10O6. The molecule has 14 heavy (non-hydrogen) atoms. The summed E-state index contributed by atoms with van der Waals surface area (Å²) >= 11 is 0. The van der Waals surface area contributed by atoms with Crippen molar-refractivity contribution in [3.63, 3.8) is 0 Å². The summed E-state index contributed by atoms with van der Waals surface area (Å²) in [5.41, 5.74) is 0. The number of rotatable bonds is 3. The second kappa shape index (κ2) is 3.57. The van der Waals surface area contributed by atoms with E-state index in [1.54, 1.807) is 13.8 Å². The molecule has 1 aliphatic heterocycles. The van der Waals surface area contributed by atoms with Crippen LogP contribution in [0.4, 0.5) is 0 Å². The maximum Gasteiger partial charge on any atom is 0.452 e. The number of hydrogen-bond acceptors (Lipinski definition) is 5. The van der Waals surface area contributed by atoms with Gasteiger partial charge in [-0.25, -0.2) is 9.59 Å². The lowest BCUT2D eigenvalue weighted by Gasteiger charge is -2.21. The Balaban J connectivity index is 2.79. The van der Waals surface area contributed by atoms with Gasteiger partial charge in [0.05, 0.1) is 6.10 Å². The van der Waals surface area contributed by atoms with Crippen LogP contribution in [-0.4, -0.2) is 28.9 Å². The number of carbonyl (C=O) groups excluding carboxylic acids is 1. The minimum absolute atomic E-state index is 0.438. The van der Waals surface area contributed by atoms with Crippen LogP contribution in [-0.2, 0) is 23.8 Å². The topological polar surface area (TPSA) is 82.1 Å². The molecule has 0 saturated heterocycles. The predicted molar refractivity (Wildman–Crippen MR) is 42.9 cm³/mol. The van der Waals surface area contributed by atoms with Gasteiger partial charge in [0.25, 0.3) is 0 Å². The van der Waals surface area contributed by atoms with Crippen molar-refractivity contribution >= 4 is 11.9 Å². The summed E-state index contributed by atoms with van der Waals surface area (Å²) in [5, 5.41) is 8.76. The fourth-order valence-electron chi connectivity index (χ4n) is 0.851. The van der Waals surface area contributed by atoms with Crippen molar-refractivity contribution in [1.82, 2.24) is 0 Å². The number of ether oxygens (including phenoxy) is 3. The van der Waals surface area contributed by atoms with Gasteiger partial charge in [-0.3, -0.25) is 0 Å². The normalized spacial score (nSPS) is 17.4. The zero-order chi connectivity index (χ0) is 10.8. The highest BCUT2D eigenvalue weighted by Gasteiger charge is 2.55. The number of hydrogen-bond donors (Lipinski definition) is 1. The number of carbonyl (C=O) groups is 2. The number of carboxylic acid groups (broad SMARTS) is 1. The Bertz CT molecular complexity index is 272. The van der Waals surface area contributed by atoms with Crippen molar-refractivity contribution in [1.29, 1.82) is 0 Å². The van der Waals surface area contributed by atoms with Gasteiger partial charge >= 0.3 is 17.7 Å². The van der Waals surface area contributed by atoms with Crippen molar-refractivity contribution in [3.05, 3.63) is 12.5 Å². The highest BCUT2D eigenvalue weighted by molar-refractivity contribution is 6.01. The standard InChI is InChI=1S/C8H10O6/c1-5(2)14-7(11)8(6(9)10)12-3-4-13-8/h3-5H,1-2H3,(H,9,10). The average Bonchev–Trinajstić information content (AvgIpc) is 2.51. The molecule has 0 saturated carbocycles. The van der Waals surface area contributed by atoms with Crippen LogP contribution in [0.25, 0.3) is 0 Å². The summed E-state index contributed by atoms with van der Waals surface area (Å²) in [6.07, 6.45) is 1.53. The van der Waals surface area contributed by atoms with E-state index in [-0.39, 0.29) is 0 Å². The molecule has 0 atom stereocenters. The molecule has 1 N–H and O–H groups in total. The fraction of sp³-hybridized carbons (Fsp3) is 0.500. The third-order valence-corrected chi connectivity index (χ3v) is 1.42. The van der Waals surface area contributed by atoms with Crippen molar-refractivity contribution in [2.24, 2.45) is 0 Å². The summed E-state index contributed by atoms with van der Waals surface area (Å²) in [5.74, 6) is -5.00. The number of carboxylic acids is 1. The van der Waals surface area contributed by atoms with Crippen LogP contribution in [0.15, 0.2) is 12.5 Å². The van der Waals surface area contributed by atoms with Gasteiger partial charge in [0.1, 0.15) is 12.5 Å². The van der Waals surface area contributed by atoms with Gasteiger partial charge in [-0.2, -0.15) is 0 Å². The van der Waals surface area contributed by atoms with E-state index in [1.807, 2.05) is 0 Å².